The largest absolute Gasteiger partial charge is 0.494 e. The number of carbonyl (C=O) groups excluding carboxylic acids is 2. The Morgan fingerprint density at radius 1 is 1.07 bits per heavy atom. The van der Waals surface area contributed by atoms with E-state index in [9.17, 15) is 9.59 Å². The zero-order valence-corrected chi connectivity index (χ0v) is 15.2. The standard InChI is InChI=1S/C19H17ClN4O3/c1-2-27-16-8-6-13(7-9-16)18(25)21-22-19(26)17-10-11-24(23-17)15-5-3-4-14(20)12-15/h3-12H,2H2,1H3,(H,21,25)(H,22,26). The first-order valence-electron chi connectivity index (χ1n) is 8.22. The van der Waals surface area contributed by atoms with Crippen LogP contribution in [0, 0.1) is 0 Å². The van der Waals surface area contributed by atoms with Crippen molar-refractivity contribution in [2.75, 3.05) is 6.61 Å². The van der Waals surface area contributed by atoms with Gasteiger partial charge in [0.05, 0.1) is 12.3 Å². The van der Waals surface area contributed by atoms with Crippen LogP contribution in [0.4, 0.5) is 0 Å². The number of aromatic nitrogens is 2. The van der Waals surface area contributed by atoms with Gasteiger partial charge < -0.3 is 4.74 Å². The van der Waals surface area contributed by atoms with Gasteiger partial charge in [-0.25, -0.2) is 4.68 Å². The van der Waals surface area contributed by atoms with E-state index in [2.05, 4.69) is 16.0 Å². The molecule has 138 valence electrons. The summed E-state index contributed by atoms with van der Waals surface area (Å²) in [5, 5.41) is 4.75. The van der Waals surface area contributed by atoms with E-state index < -0.39 is 11.8 Å². The van der Waals surface area contributed by atoms with Gasteiger partial charge in [-0.3, -0.25) is 20.4 Å². The molecule has 8 heteroatoms. The summed E-state index contributed by atoms with van der Waals surface area (Å²) in [7, 11) is 0. The third-order valence-corrected chi connectivity index (χ3v) is 3.85. The number of ether oxygens (including phenoxy) is 1. The normalized spacial score (nSPS) is 10.3. The van der Waals surface area contributed by atoms with E-state index in [0.717, 1.165) is 5.69 Å². The highest BCUT2D eigenvalue weighted by molar-refractivity contribution is 6.30. The molecule has 3 rings (SSSR count). The molecule has 2 amide bonds. The van der Waals surface area contributed by atoms with E-state index in [4.69, 9.17) is 16.3 Å². The lowest BCUT2D eigenvalue weighted by Gasteiger charge is -2.07. The van der Waals surface area contributed by atoms with Gasteiger partial charge in [0.2, 0.25) is 0 Å². The first kappa shape index (κ1) is 18.5. The van der Waals surface area contributed by atoms with Crippen LogP contribution in [0.15, 0.2) is 60.8 Å². The lowest BCUT2D eigenvalue weighted by molar-refractivity contribution is 0.0843. The molecule has 2 aromatic carbocycles. The number of hydrogen-bond donors (Lipinski definition) is 2. The molecule has 0 saturated heterocycles. The van der Waals surface area contributed by atoms with E-state index >= 15 is 0 Å². The molecule has 27 heavy (non-hydrogen) atoms. The molecule has 0 spiro atoms. The minimum atomic E-state index is -0.532. The lowest BCUT2D eigenvalue weighted by Crippen LogP contribution is -2.41. The van der Waals surface area contributed by atoms with Crippen molar-refractivity contribution in [3.63, 3.8) is 0 Å². The SMILES string of the molecule is CCOc1ccc(C(=O)NNC(=O)c2ccn(-c3cccc(Cl)c3)n2)cc1. The van der Waals surface area contributed by atoms with E-state index in [1.807, 2.05) is 13.0 Å². The second-order valence-electron chi connectivity index (χ2n) is 5.49. The molecule has 7 nitrogen and oxygen atoms in total. The van der Waals surface area contributed by atoms with Crippen LogP contribution in [0.1, 0.15) is 27.8 Å². The minimum absolute atomic E-state index is 0.155. The van der Waals surface area contributed by atoms with Crippen molar-refractivity contribution in [1.82, 2.24) is 20.6 Å². The molecule has 1 aromatic heterocycles. The number of hydrogen-bond acceptors (Lipinski definition) is 4. The smallest absolute Gasteiger partial charge is 0.290 e. The molecular weight excluding hydrogens is 368 g/mol. The quantitative estimate of drug-likeness (QED) is 0.662. The van der Waals surface area contributed by atoms with Crippen LogP contribution in [0.5, 0.6) is 5.75 Å². The minimum Gasteiger partial charge on any atom is -0.494 e. The van der Waals surface area contributed by atoms with Crippen molar-refractivity contribution < 1.29 is 14.3 Å². The molecule has 0 radical (unpaired) electrons. The van der Waals surface area contributed by atoms with Crippen LogP contribution in [0.25, 0.3) is 5.69 Å². The van der Waals surface area contributed by atoms with Gasteiger partial charge in [0.15, 0.2) is 5.69 Å². The third-order valence-electron chi connectivity index (χ3n) is 3.61. The van der Waals surface area contributed by atoms with Crippen molar-refractivity contribution in [2.45, 2.75) is 6.92 Å². The van der Waals surface area contributed by atoms with Crippen LogP contribution >= 0.6 is 11.6 Å². The summed E-state index contributed by atoms with van der Waals surface area (Å²) in [6.07, 6.45) is 1.63. The van der Waals surface area contributed by atoms with Gasteiger partial charge in [-0.05, 0) is 55.5 Å². The average Bonchev–Trinajstić information content (AvgIpc) is 3.17. The number of nitrogens with zero attached hydrogens (tertiary/aromatic N) is 2. The maximum atomic E-state index is 12.2. The lowest BCUT2D eigenvalue weighted by atomic mass is 10.2. The molecule has 2 N–H and O–H groups in total. The summed E-state index contributed by atoms with van der Waals surface area (Å²) in [5.74, 6) is -0.305. The number of hydrazine groups is 1. The molecule has 0 fully saturated rings. The number of nitrogens with one attached hydrogen (secondary N) is 2. The van der Waals surface area contributed by atoms with Crippen molar-refractivity contribution in [1.29, 1.82) is 0 Å². The number of benzene rings is 2. The van der Waals surface area contributed by atoms with Gasteiger partial charge in [0.1, 0.15) is 5.75 Å². The highest BCUT2D eigenvalue weighted by atomic mass is 35.5. The topological polar surface area (TPSA) is 85.3 Å². The maximum absolute atomic E-state index is 12.2. The van der Waals surface area contributed by atoms with Gasteiger partial charge in [-0.2, -0.15) is 5.10 Å². The van der Waals surface area contributed by atoms with Crippen molar-refractivity contribution in [3.8, 4) is 11.4 Å². The van der Waals surface area contributed by atoms with Crippen LogP contribution in [0.3, 0.4) is 0 Å². The first-order valence-corrected chi connectivity index (χ1v) is 8.60. The highest BCUT2D eigenvalue weighted by Gasteiger charge is 2.12. The molecule has 0 aliphatic carbocycles. The fourth-order valence-electron chi connectivity index (χ4n) is 2.33. The first-order chi connectivity index (χ1) is 13.1. The Morgan fingerprint density at radius 3 is 2.52 bits per heavy atom. The maximum Gasteiger partial charge on any atom is 0.290 e. The van der Waals surface area contributed by atoms with Crippen LogP contribution in [-0.2, 0) is 0 Å². The number of halogens is 1. The predicted molar refractivity (Wildman–Crippen MR) is 101 cm³/mol. The van der Waals surface area contributed by atoms with Gasteiger partial charge >= 0.3 is 0 Å². The Hall–Kier alpha value is -3.32. The van der Waals surface area contributed by atoms with Gasteiger partial charge in [0, 0.05) is 16.8 Å². The summed E-state index contributed by atoms with van der Waals surface area (Å²) in [6, 6.07) is 15.2. The number of rotatable bonds is 5. The predicted octanol–water partition coefficient (Wildman–Crippen LogP) is 3.00. The van der Waals surface area contributed by atoms with Crippen LogP contribution in [-0.4, -0.2) is 28.2 Å². The Bertz CT molecular complexity index is 954. The van der Waals surface area contributed by atoms with E-state index in [-0.39, 0.29) is 5.69 Å². The highest BCUT2D eigenvalue weighted by Crippen LogP contribution is 2.14. The van der Waals surface area contributed by atoms with Crippen LogP contribution < -0.4 is 15.6 Å². The molecule has 0 unspecified atom stereocenters. The molecule has 0 saturated carbocycles. The molecule has 3 aromatic rings. The molecule has 0 bridgehead atoms. The van der Waals surface area contributed by atoms with E-state index in [1.54, 1.807) is 54.7 Å². The van der Waals surface area contributed by atoms with E-state index in [1.165, 1.54) is 4.68 Å². The summed E-state index contributed by atoms with van der Waals surface area (Å²) in [4.78, 5) is 24.3. The summed E-state index contributed by atoms with van der Waals surface area (Å²) in [5.41, 5.74) is 5.97. The Labute approximate surface area is 160 Å². The summed E-state index contributed by atoms with van der Waals surface area (Å²) in [6.45, 7) is 2.42. The summed E-state index contributed by atoms with van der Waals surface area (Å²) >= 11 is 5.96. The monoisotopic (exact) mass is 384 g/mol. The molecular formula is C19H17ClN4O3. The molecule has 0 atom stereocenters. The second-order valence-corrected chi connectivity index (χ2v) is 5.93. The molecule has 0 aliphatic heterocycles. The van der Waals surface area contributed by atoms with Gasteiger partial charge in [0.25, 0.3) is 11.8 Å². The Kier molecular flexibility index (Phi) is 5.73. The zero-order chi connectivity index (χ0) is 19.2. The van der Waals surface area contributed by atoms with E-state index in [0.29, 0.717) is 22.9 Å². The van der Waals surface area contributed by atoms with Gasteiger partial charge in [-0.15, -0.1) is 0 Å². The summed E-state index contributed by atoms with van der Waals surface area (Å²) < 4.78 is 6.85. The van der Waals surface area contributed by atoms with Crippen LogP contribution in [0.2, 0.25) is 5.02 Å². The fraction of sp³-hybridized carbons (Fsp3) is 0.105. The number of amides is 2. The second kappa shape index (κ2) is 8.37. The average molecular weight is 385 g/mol. The van der Waals surface area contributed by atoms with Crippen molar-refractivity contribution in [2.24, 2.45) is 0 Å². The molecule has 1 heterocycles. The molecule has 0 aliphatic rings. The number of carbonyl (C=O) groups is 2. The zero-order valence-electron chi connectivity index (χ0n) is 14.5. The third kappa shape index (κ3) is 4.65. The fourth-order valence-corrected chi connectivity index (χ4v) is 2.51. The van der Waals surface area contributed by atoms with Gasteiger partial charge in [-0.1, -0.05) is 17.7 Å². The Morgan fingerprint density at radius 2 is 1.81 bits per heavy atom. The Balaban J connectivity index is 1.60. The van der Waals surface area contributed by atoms with Crippen molar-refractivity contribution in [3.05, 3.63) is 77.1 Å². The van der Waals surface area contributed by atoms with Crippen molar-refractivity contribution >= 4 is 23.4 Å².